The van der Waals surface area contributed by atoms with Crippen LogP contribution in [0, 0.1) is 0 Å². The number of carbonyl (C=O) groups excluding carboxylic acids is 1. The van der Waals surface area contributed by atoms with Crippen LogP contribution in [0.3, 0.4) is 0 Å². The minimum atomic E-state index is -0.235. The monoisotopic (exact) mass is 241 g/mol. The molecule has 0 aromatic carbocycles. The summed E-state index contributed by atoms with van der Waals surface area (Å²) >= 11 is 0. The Balaban J connectivity index is 2.46. The predicted molar refractivity (Wildman–Crippen MR) is 70.8 cm³/mol. The van der Waals surface area contributed by atoms with Gasteiger partial charge in [-0.15, -0.1) is 0 Å². The average Bonchev–Trinajstić information content (AvgIpc) is 3.05. The standard InChI is InChI=1S/C13H27N3O/c1-4-5-8-16(11-6-7-11)9-12(13(14)17)15-10(2)3/h10-12,15H,4-9H2,1-3H3,(H2,14,17). The molecule has 1 fully saturated rings. The van der Waals surface area contributed by atoms with E-state index in [1.54, 1.807) is 0 Å². The lowest BCUT2D eigenvalue weighted by atomic mass is 10.2. The molecule has 1 rings (SSSR count). The molecule has 1 saturated carbocycles. The molecule has 17 heavy (non-hydrogen) atoms. The highest BCUT2D eigenvalue weighted by Crippen LogP contribution is 2.27. The molecule has 0 spiro atoms. The zero-order valence-corrected chi connectivity index (χ0v) is 11.4. The van der Waals surface area contributed by atoms with Crippen molar-refractivity contribution in [3.05, 3.63) is 0 Å². The summed E-state index contributed by atoms with van der Waals surface area (Å²) in [5.74, 6) is -0.235. The summed E-state index contributed by atoms with van der Waals surface area (Å²) in [5, 5.41) is 3.25. The molecule has 1 atom stereocenters. The van der Waals surface area contributed by atoms with Crippen LogP contribution in [0.5, 0.6) is 0 Å². The average molecular weight is 241 g/mol. The second-order valence-corrected chi connectivity index (χ2v) is 5.36. The van der Waals surface area contributed by atoms with E-state index in [1.807, 2.05) is 13.8 Å². The summed E-state index contributed by atoms with van der Waals surface area (Å²) in [6.07, 6.45) is 4.94. The van der Waals surface area contributed by atoms with Gasteiger partial charge in [0.05, 0.1) is 6.04 Å². The first kappa shape index (κ1) is 14.5. The Kier molecular flexibility index (Phi) is 5.92. The number of amides is 1. The Morgan fingerprint density at radius 2 is 2.12 bits per heavy atom. The molecular weight excluding hydrogens is 214 g/mol. The molecule has 4 nitrogen and oxygen atoms in total. The van der Waals surface area contributed by atoms with Gasteiger partial charge >= 0.3 is 0 Å². The van der Waals surface area contributed by atoms with Gasteiger partial charge in [-0.05, 0) is 25.8 Å². The molecule has 1 unspecified atom stereocenters. The smallest absolute Gasteiger partial charge is 0.235 e. The fraction of sp³-hybridized carbons (Fsp3) is 0.923. The van der Waals surface area contributed by atoms with Crippen molar-refractivity contribution in [2.45, 2.75) is 64.6 Å². The lowest BCUT2D eigenvalue weighted by Crippen LogP contribution is -2.51. The van der Waals surface area contributed by atoms with Gasteiger partial charge in [0.1, 0.15) is 0 Å². The molecule has 0 heterocycles. The van der Waals surface area contributed by atoms with Crippen molar-refractivity contribution in [2.75, 3.05) is 13.1 Å². The fourth-order valence-corrected chi connectivity index (χ4v) is 2.09. The SMILES string of the molecule is CCCCN(CC(NC(C)C)C(N)=O)C1CC1. The van der Waals surface area contributed by atoms with Crippen LogP contribution in [0.25, 0.3) is 0 Å². The van der Waals surface area contributed by atoms with E-state index in [2.05, 4.69) is 17.1 Å². The van der Waals surface area contributed by atoms with Gasteiger partial charge < -0.3 is 11.1 Å². The van der Waals surface area contributed by atoms with Crippen LogP contribution in [0.15, 0.2) is 0 Å². The van der Waals surface area contributed by atoms with Crippen LogP contribution in [-0.4, -0.2) is 42.0 Å². The first-order valence-electron chi connectivity index (χ1n) is 6.84. The lowest BCUT2D eigenvalue weighted by Gasteiger charge is -2.27. The number of unbranched alkanes of at least 4 members (excludes halogenated alkanes) is 1. The molecule has 4 heteroatoms. The topological polar surface area (TPSA) is 58.4 Å². The van der Waals surface area contributed by atoms with E-state index in [0.717, 1.165) is 13.1 Å². The molecule has 3 N–H and O–H groups in total. The van der Waals surface area contributed by atoms with Crippen LogP contribution in [-0.2, 0) is 4.79 Å². The maximum Gasteiger partial charge on any atom is 0.235 e. The number of rotatable bonds is 9. The molecule has 1 aliphatic carbocycles. The minimum Gasteiger partial charge on any atom is -0.368 e. The van der Waals surface area contributed by atoms with Crippen LogP contribution in [0.1, 0.15) is 46.5 Å². The second kappa shape index (κ2) is 6.97. The van der Waals surface area contributed by atoms with Gasteiger partial charge in [0, 0.05) is 18.6 Å². The summed E-state index contributed by atoms with van der Waals surface area (Å²) < 4.78 is 0. The number of nitrogens with two attached hydrogens (primary N) is 1. The van der Waals surface area contributed by atoms with Crippen molar-refractivity contribution in [3.8, 4) is 0 Å². The molecule has 0 aliphatic heterocycles. The van der Waals surface area contributed by atoms with Crippen molar-refractivity contribution in [2.24, 2.45) is 5.73 Å². The molecule has 1 amide bonds. The van der Waals surface area contributed by atoms with Crippen molar-refractivity contribution in [1.29, 1.82) is 0 Å². The predicted octanol–water partition coefficient (Wildman–Crippen LogP) is 1.10. The van der Waals surface area contributed by atoms with Crippen molar-refractivity contribution >= 4 is 5.91 Å². The molecule has 100 valence electrons. The van der Waals surface area contributed by atoms with E-state index in [1.165, 1.54) is 25.7 Å². The Labute approximate surface area is 105 Å². The Bertz CT molecular complexity index is 239. The van der Waals surface area contributed by atoms with Gasteiger partial charge in [-0.25, -0.2) is 0 Å². The van der Waals surface area contributed by atoms with Crippen LogP contribution in [0.4, 0.5) is 0 Å². The molecule has 0 saturated heterocycles. The maximum absolute atomic E-state index is 11.4. The molecule has 0 aromatic heterocycles. The van der Waals surface area contributed by atoms with E-state index in [-0.39, 0.29) is 11.9 Å². The van der Waals surface area contributed by atoms with Crippen LogP contribution in [0.2, 0.25) is 0 Å². The van der Waals surface area contributed by atoms with Crippen molar-refractivity contribution in [3.63, 3.8) is 0 Å². The Hall–Kier alpha value is -0.610. The van der Waals surface area contributed by atoms with Crippen LogP contribution >= 0.6 is 0 Å². The Morgan fingerprint density at radius 1 is 1.47 bits per heavy atom. The molecule has 0 bridgehead atoms. The maximum atomic E-state index is 11.4. The second-order valence-electron chi connectivity index (χ2n) is 5.36. The first-order valence-corrected chi connectivity index (χ1v) is 6.84. The highest BCUT2D eigenvalue weighted by molar-refractivity contribution is 5.80. The van der Waals surface area contributed by atoms with E-state index < -0.39 is 0 Å². The normalized spacial score (nSPS) is 17.7. The van der Waals surface area contributed by atoms with Gasteiger partial charge in [0.2, 0.25) is 5.91 Å². The molecular formula is C13H27N3O. The number of nitrogens with zero attached hydrogens (tertiary/aromatic N) is 1. The highest BCUT2D eigenvalue weighted by Gasteiger charge is 2.31. The lowest BCUT2D eigenvalue weighted by molar-refractivity contribution is -0.120. The molecule has 0 aromatic rings. The largest absolute Gasteiger partial charge is 0.368 e. The third kappa shape index (κ3) is 5.50. The highest BCUT2D eigenvalue weighted by atomic mass is 16.1. The molecule has 1 aliphatic rings. The van der Waals surface area contributed by atoms with Gasteiger partial charge in [0.25, 0.3) is 0 Å². The summed E-state index contributed by atoms with van der Waals surface area (Å²) in [6, 6.07) is 0.768. The van der Waals surface area contributed by atoms with Crippen molar-refractivity contribution in [1.82, 2.24) is 10.2 Å². The minimum absolute atomic E-state index is 0.215. The third-order valence-electron chi connectivity index (χ3n) is 3.16. The zero-order chi connectivity index (χ0) is 12.8. The zero-order valence-electron chi connectivity index (χ0n) is 11.4. The first-order chi connectivity index (χ1) is 8.04. The Morgan fingerprint density at radius 3 is 2.53 bits per heavy atom. The quantitative estimate of drug-likeness (QED) is 0.635. The summed E-state index contributed by atoms with van der Waals surface area (Å²) in [5.41, 5.74) is 5.45. The van der Waals surface area contributed by atoms with Crippen LogP contribution < -0.4 is 11.1 Å². The van der Waals surface area contributed by atoms with E-state index in [0.29, 0.717) is 12.1 Å². The number of primary amides is 1. The number of hydrogen-bond acceptors (Lipinski definition) is 3. The fourth-order valence-electron chi connectivity index (χ4n) is 2.09. The summed E-state index contributed by atoms with van der Waals surface area (Å²) in [7, 11) is 0. The van der Waals surface area contributed by atoms with Gasteiger partial charge in [0.15, 0.2) is 0 Å². The van der Waals surface area contributed by atoms with E-state index >= 15 is 0 Å². The van der Waals surface area contributed by atoms with E-state index in [9.17, 15) is 4.79 Å². The van der Waals surface area contributed by atoms with Gasteiger partial charge in [-0.2, -0.15) is 0 Å². The number of carbonyl (C=O) groups is 1. The molecule has 0 radical (unpaired) electrons. The van der Waals surface area contributed by atoms with Gasteiger partial charge in [-0.1, -0.05) is 27.2 Å². The summed E-state index contributed by atoms with van der Waals surface area (Å²) in [4.78, 5) is 13.8. The number of hydrogen-bond donors (Lipinski definition) is 2. The van der Waals surface area contributed by atoms with Crippen molar-refractivity contribution < 1.29 is 4.79 Å². The van der Waals surface area contributed by atoms with Gasteiger partial charge in [-0.3, -0.25) is 9.69 Å². The summed E-state index contributed by atoms with van der Waals surface area (Å²) in [6.45, 7) is 8.14. The third-order valence-corrected chi connectivity index (χ3v) is 3.16. The number of nitrogens with one attached hydrogen (secondary N) is 1. The van der Waals surface area contributed by atoms with E-state index in [4.69, 9.17) is 5.73 Å².